The van der Waals surface area contributed by atoms with Gasteiger partial charge in [-0.15, -0.1) is 5.10 Å². The zero-order valence-corrected chi connectivity index (χ0v) is 14.7. The molecule has 6 heteroatoms. The summed E-state index contributed by atoms with van der Waals surface area (Å²) >= 11 is 0. The van der Waals surface area contributed by atoms with Crippen molar-refractivity contribution in [2.24, 2.45) is 0 Å². The van der Waals surface area contributed by atoms with Gasteiger partial charge in [-0.2, -0.15) is 10.2 Å². The first-order valence-corrected chi connectivity index (χ1v) is 8.82. The Labute approximate surface area is 152 Å². The number of aromatic hydroxyl groups is 1. The lowest BCUT2D eigenvalue weighted by Crippen LogP contribution is -2.28. The number of phenolic OH excluding ortho intramolecular Hbond substituents is 1. The Morgan fingerprint density at radius 1 is 1.12 bits per heavy atom. The zero-order valence-electron chi connectivity index (χ0n) is 14.7. The van der Waals surface area contributed by atoms with E-state index in [9.17, 15) is 5.11 Å². The fourth-order valence-electron chi connectivity index (χ4n) is 3.21. The van der Waals surface area contributed by atoms with E-state index >= 15 is 0 Å². The molecule has 0 bridgehead atoms. The van der Waals surface area contributed by atoms with Gasteiger partial charge in [-0.05, 0) is 48.4 Å². The van der Waals surface area contributed by atoms with Gasteiger partial charge in [-0.3, -0.25) is 10.00 Å². The first kappa shape index (κ1) is 16.5. The summed E-state index contributed by atoms with van der Waals surface area (Å²) in [6, 6.07) is 9.43. The Balaban J connectivity index is 1.57. The van der Waals surface area contributed by atoms with Crippen LogP contribution in [0.4, 0.5) is 0 Å². The van der Waals surface area contributed by atoms with Gasteiger partial charge in [0.25, 0.3) is 0 Å². The fraction of sp³-hybridized carbons (Fsp3) is 0.250. The summed E-state index contributed by atoms with van der Waals surface area (Å²) in [4.78, 5) is 2.39. The number of H-pyrrole nitrogens is 1. The number of likely N-dealkylation sites (N-methyl/N-ethyl adjacent to an activating group) is 1. The number of nitrogens with one attached hydrogen (secondary N) is 1. The minimum Gasteiger partial charge on any atom is -0.507 e. The molecule has 6 nitrogen and oxygen atoms in total. The summed E-state index contributed by atoms with van der Waals surface area (Å²) in [5.41, 5.74) is 5.33. The molecule has 0 amide bonds. The number of benzene rings is 1. The largest absolute Gasteiger partial charge is 0.507 e. The number of nitrogens with zero attached hydrogens (tertiary/aromatic N) is 4. The minimum atomic E-state index is 0.182. The van der Waals surface area contributed by atoms with Crippen LogP contribution in [0.5, 0.6) is 5.75 Å². The summed E-state index contributed by atoms with van der Waals surface area (Å²) in [6.07, 6.45) is 6.74. The summed E-state index contributed by atoms with van der Waals surface area (Å²) in [6.45, 7) is 5.27. The molecule has 3 heterocycles. The van der Waals surface area contributed by atoms with Crippen LogP contribution >= 0.6 is 0 Å². The van der Waals surface area contributed by atoms with Crippen molar-refractivity contribution in [1.82, 2.24) is 25.3 Å². The monoisotopic (exact) mass is 347 g/mol. The minimum absolute atomic E-state index is 0.182. The van der Waals surface area contributed by atoms with Gasteiger partial charge in [-0.25, -0.2) is 0 Å². The van der Waals surface area contributed by atoms with E-state index in [1.165, 1.54) is 5.57 Å². The molecule has 0 aliphatic carbocycles. The maximum Gasteiger partial charge on any atom is 0.125 e. The smallest absolute Gasteiger partial charge is 0.125 e. The maximum atomic E-state index is 10.4. The lowest BCUT2D eigenvalue weighted by atomic mass is 10.0. The van der Waals surface area contributed by atoms with E-state index in [1.807, 2.05) is 24.3 Å². The van der Waals surface area contributed by atoms with Crippen LogP contribution in [-0.2, 0) is 0 Å². The van der Waals surface area contributed by atoms with Crippen LogP contribution in [0.15, 0.2) is 48.8 Å². The molecule has 0 atom stereocenters. The Morgan fingerprint density at radius 3 is 2.58 bits per heavy atom. The normalized spacial score (nSPS) is 15.0. The molecule has 2 aromatic heterocycles. The fourth-order valence-corrected chi connectivity index (χ4v) is 3.21. The molecular formula is C20H21N5O. The number of rotatable bonds is 4. The van der Waals surface area contributed by atoms with Crippen LogP contribution in [0.3, 0.4) is 0 Å². The van der Waals surface area contributed by atoms with Gasteiger partial charge in [0.2, 0.25) is 0 Å². The molecule has 26 heavy (non-hydrogen) atoms. The van der Waals surface area contributed by atoms with Crippen molar-refractivity contribution < 1.29 is 5.11 Å². The van der Waals surface area contributed by atoms with Crippen molar-refractivity contribution in [3.8, 4) is 28.1 Å². The third-order valence-corrected chi connectivity index (χ3v) is 4.84. The van der Waals surface area contributed by atoms with E-state index in [2.05, 4.69) is 38.3 Å². The Bertz CT molecular complexity index is 916. The first-order chi connectivity index (χ1) is 12.7. The number of aromatic nitrogens is 4. The van der Waals surface area contributed by atoms with Gasteiger partial charge in [0.15, 0.2) is 0 Å². The van der Waals surface area contributed by atoms with Crippen LogP contribution < -0.4 is 0 Å². The van der Waals surface area contributed by atoms with Gasteiger partial charge in [-0.1, -0.05) is 19.1 Å². The van der Waals surface area contributed by atoms with E-state index < -0.39 is 0 Å². The standard InChI is InChI=1S/C20H21N5O/c1-2-25-9-7-14(8-10-25)18-5-6-19(24-23-18)17-4-3-15(11-20(17)26)16-12-21-22-13-16/h3-7,11-13,26H,2,8-10H2,1H3,(H,21,22). The summed E-state index contributed by atoms with van der Waals surface area (Å²) in [5, 5.41) is 25.8. The van der Waals surface area contributed by atoms with Gasteiger partial charge in [0.05, 0.1) is 17.6 Å². The van der Waals surface area contributed by atoms with Crippen LogP contribution in [0.2, 0.25) is 0 Å². The third kappa shape index (κ3) is 3.23. The molecule has 0 saturated carbocycles. The molecule has 0 spiro atoms. The second-order valence-corrected chi connectivity index (χ2v) is 6.40. The third-order valence-electron chi connectivity index (χ3n) is 4.84. The highest BCUT2D eigenvalue weighted by molar-refractivity contribution is 5.74. The van der Waals surface area contributed by atoms with E-state index in [4.69, 9.17) is 0 Å². The van der Waals surface area contributed by atoms with E-state index in [-0.39, 0.29) is 5.75 Å². The van der Waals surface area contributed by atoms with E-state index in [1.54, 1.807) is 18.5 Å². The predicted molar refractivity (Wildman–Crippen MR) is 101 cm³/mol. The first-order valence-electron chi connectivity index (χ1n) is 8.82. The van der Waals surface area contributed by atoms with Crippen LogP contribution in [0, 0.1) is 0 Å². The second-order valence-electron chi connectivity index (χ2n) is 6.40. The zero-order chi connectivity index (χ0) is 17.9. The van der Waals surface area contributed by atoms with Crippen LogP contribution in [0.25, 0.3) is 28.0 Å². The van der Waals surface area contributed by atoms with Crippen LogP contribution in [-0.4, -0.2) is 50.0 Å². The molecule has 0 saturated heterocycles. The lowest BCUT2D eigenvalue weighted by Gasteiger charge is -2.24. The van der Waals surface area contributed by atoms with Crippen molar-refractivity contribution in [1.29, 1.82) is 0 Å². The molecule has 2 N–H and O–H groups in total. The van der Waals surface area contributed by atoms with Crippen molar-refractivity contribution in [2.75, 3.05) is 19.6 Å². The molecule has 0 fully saturated rings. The number of hydrogen-bond acceptors (Lipinski definition) is 5. The molecular weight excluding hydrogens is 326 g/mol. The number of phenols is 1. The average molecular weight is 347 g/mol. The molecule has 0 unspecified atom stereocenters. The van der Waals surface area contributed by atoms with E-state index in [0.29, 0.717) is 11.3 Å². The lowest BCUT2D eigenvalue weighted by molar-refractivity contribution is 0.318. The highest BCUT2D eigenvalue weighted by Crippen LogP contribution is 2.32. The number of aromatic amines is 1. The highest BCUT2D eigenvalue weighted by Gasteiger charge is 2.14. The molecule has 4 rings (SSSR count). The average Bonchev–Trinajstić information content (AvgIpc) is 3.23. The topological polar surface area (TPSA) is 77.9 Å². The summed E-state index contributed by atoms with van der Waals surface area (Å²) in [7, 11) is 0. The van der Waals surface area contributed by atoms with E-state index in [0.717, 1.165) is 42.9 Å². The van der Waals surface area contributed by atoms with Crippen molar-refractivity contribution in [3.05, 3.63) is 54.5 Å². The van der Waals surface area contributed by atoms with Crippen molar-refractivity contribution in [2.45, 2.75) is 13.3 Å². The molecule has 1 aliphatic heterocycles. The van der Waals surface area contributed by atoms with Gasteiger partial charge >= 0.3 is 0 Å². The van der Waals surface area contributed by atoms with Crippen LogP contribution in [0.1, 0.15) is 19.0 Å². The Hall–Kier alpha value is -2.99. The molecule has 0 radical (unpaired) electrons. The Kier molecular flexibility index (Phi) is 4.50. The highest BCUT2D eigenvalue weighted by atomic mass is 16.3. The number of hydrogen-bond donors (Lipinski definition) is 2. The second kappa shape index (κ2) is 7.09. The van der Waals surface area contributed by atoms with Crippen molar-refractivity contribution in [3.63, 3.8) is 0 Å². The Morgan fingerprint density at radius 2 is 1.96 bits per heavy atom. The molecule has 1 aromatic carbocycles. The SMILES string of the molecule is CCN1CC=C(c2ccc(-c3ccc(-c4cn[nH]c4)cc3O)nn2)CC1. The molecule has 132 valence electrons. The van der Waals surface area contributed by atoms with Gasteiger partial charge < -0.3 is 5.11 Å². The summed E-state index contributed by atoms with van der Waals surface area (Å²) in [5.74, 6) is 0.182. The quantitative estimate of drug-likeness (QED) is 0.757. The van der Waals surface area contributed by atoms with Gasteiger partial charge in [0.1, 0.15) is 5.75 Å². The maximum absolute atomic E-state index is 10.4. The summed E-state index contributed by atoms with van der Waals surface area (Å²) < 4.78 is 0. The predicted octanol–water partition coefficient (Wildman–Crippen LogP) is 3.35. The molecule has 3 aromatic rings. The van der Waals surface area contributed by atoms with Crippen molar-refractivity contribution >= 4 is 5.57 Å². The van der Waals surface area contributed by atoms with Gasteiger partial charge in [0, 0.05) is 30.4 Å². The molecule has 1 aliphatic rings.